The zero-order valence-corrected chi connectivity index (χ0v) is 12.0. The molecule has 5 nitrogen and oxygen atoms in total. The van der Waals surface area contributed by atoms with Crippen molar-refractivity contribution in [2.45, 2.75) is 25.8 Å². The number of aromatic nitrogens is 5. The van der Waals surface area contributed by atoms with E-state index in [1.807, 2.05) is 30.5 Å². The van der Waals surface area contributed by atoms with Crippen LogP contribution in [-0.4, -0.2) is 24.5 Å². The van der Waals surface area contributed by atoms with Crippen LogP contribution >= 0.6 is 11.6 Å². The molecular weight excluding hydrogens is 274 g/mol. The maximum Gasteiger partial charge on any atom is 0.160 e. The molecule has 3 aromatic heterocycles. The lowest BCUT2D eigenvalue weighted by Gasteiger charge is -2.09. The Kier molecular flexibility index (Phi) is 3.36. The fraction of sp³-hybridized carbons (Fsp3) is 0.286. The van der Waals surface area contributed by atoms with Gasteiger partial charge >= 0.3 is 0 Å². The SMILES string of the molecule is Cc1cnc(Cn2c(C(C)Cl)nc3cccnc32)cn1. The van der Waals surface area contributed by atoms with Crippen LogP contribution in [-0.2, 0) is 6.54 Å². The molecule has 0 radical (unpaired) electrons. The van der Waals surface area contributed by atoms with Crippen molar-refractivity contribution in [1.29, 1.82) is 0 Å². The van der Waals surface area contributed by atoms with Crippen molar-refractivity contribution in [1.82, 2.24) is 24.5 Å². The molecule has 0 bridgehead atoms. The fourth-order valence-corrected chi connectivity index (χ4v) is 2.27. The van der Waals surface area contributed by atoms with Crippen molar-refractivity contribution in [2.24, 2.45) is 0 Å². The Hall–Kier alpha value is -2.01. The number of rotatable bonds is 3. The van der Waals surface area contributed by atoms with Gasteiger partial charge in [0.05, 0.1) is 29.5 Å². The zero-order valence-electron chi connectivity index (χ0n) is 11.3. The highest BCUT2D eigenvalue weighted by molar-refractivity contribution is 6.20. The summed E-state index contributed by atoms with van der Waals surface area (Å²) in [5.74, 6) is 0.794. The summed E-state index contributed by atoms with van der Waals surface area (Å²) in [4.78, 5) is 17.6. The maximum absolute atomic E-state index is 6.22. The first kappa shape index (κ1) is 13.0. The lowest BCUT2D eigenvalue weighted by molar-refractivity contribution is 0.717. The molecule has 3 heterocycles. The Morgan fingerprint density at radius 1 is 1.25 bits per heavy atom. The third-order valence-corrected chi connectivity index (χ3v) is 3.24. The molecule has 0 aliphatic rings. The first-order chi connectivity index (χ1) is 9.65. The van der Waals surface area contributed by atoms with Gasteiger partial charge in [-0.15, -0.1) is 11.6 Å². The largest absolute Gasteiger partial charge is 0.305 e. The van der Waals surface area contributed by atoms with Crippen LogP contribution in [0.5, 0.6) is 0 Å². The van der Waals surface area contributed by atoms with E-state index in [1.54, 1.807) is 18.6 Å². The topological polar surface area (TPSA) is 56.5 Å². The Morgan fingerprint density at radius 2 is 2.10 bits per heavy atom. The predicted molar refractivity (Wildman–Crippen MR) is 77.7 cm³/mol. The number of nitrogens with zero attached hydrogens (tertiary/aromatic N) is 5. The van der Waals surface area contributed by atoms with Gasteiger partial charge in [0.15, 0.2) is 5.65 Å². The summed E-state index contributed by atoms with van der Waals surface area (Å²) in [5, 5.41) is -0.192. The van der Waals surface area contributed by atoms with E-state index in [0.29, 0.717) is 6.54 Å². The highest BCUT2D eigenvalue weighted by Crippen LogP contribution is 2.23. The van der Waals surface area contributed by atoms with Gasteiger partial charge in [0, 0.05) is 12.4 Å². The van der Waals surface area contributed by atoms with E-state index < -0.39 is 0 Å². The number of alkyl halides is 1. The van der Waals surface area contributed by atoms with Crippen LogP contribution in [0.1, 0.15) is 29.5 Å². The van der Waals surface area contributed by atoms with E-state index >= 15 is 0 Å². The van der Waals surface area contributed by atoms with Crippen LogP contribution in [0, 0.1) is 6.92 Å². The molecule has 0 spiro atoms. The molecule has 0 amide bonds. The number of imidazole rings is 1. The van der Waals surface area contributed by atoms with E-state index in [1.165, 1.54) is 0 Å². The molecule has 3 aromatic rings. The molecule has 0 fully saturated rings. The molecule has 0 aliphatic carbocycles. The van der Waals surface area contributed by atoms with E-state index in [9.17, 15) is 0 Å². The zero-order chi connectivity index (χ0) is 14.1. The van der Waals surface area contributed by atoms with Crippen LogP contribution < -0.4 is 0 Å². The fourth-order valence-electron chi connectivity index (χ4n) is 2.10. The summed E-state index contributed by atoms with van der Waals surface area (Å²) in [6.45, 7) is 4.38. The quantitative estimate of drug-likeness (QED) is 0.695. The van der Waals surface area contributed by atoms with Gasteiger partial charge in [-0.1, -0.05) is 0 Å². The number of aryl methyl sites for hydroxylation is 1. The van der Waals surface area contributed by atoms with Gasteiger partial charge in [-0.3, -0.25) is 9.97 Å². The minimum Gasteiger partial charge on any atom is -0.305 e. The number of fused-ring (bicyclic) bond motifs is 1. The van der Waals surface area contributed by atoms with Crippen molar-refractivity contribution < 1.29 is 0 Å². The van der Waals surface area contributed by atoms with Crippen molar-refractivity contribution in [3.63, 3.8) is 0 Å². The minimum absolute atomic E-state index is 0.192. The summed E-state index contributed by atoms with van der Waals surface area (Å²) in [6.07, 6.45) is 5.28. The Balaban J connectivity index is 2.09. The molecule has 0 N–H and O–H groups in total. The van der Waals surface area contributed by atoms with Gasteiger partial charge in [0.25, 0.3) is 0 Å². The standard InChI is InChI=1S/C14H14ClN5/c1-9-6-18-11(7-17-9)8-20-13(10(2)15)19-12-4-3-5-16-14(12)20/h3-7,10H,8H2,1-2H3. The second kappa shape index (κ2) is 5.17. The van der Waals surface area contributed by atoms with Crippen LogP contribution in [0.2, 0.25) is 0 Å². The Labute approximate surface area is 121 Å². The Morgan fingerprint density at radius 3 is 2.80 bits per heavy atom. The molecule has 20 heavy (non-hydrogen) atoms. The van der Waals surface area contributed by atoms with E-state index in [0.717, 1.165) is 28.4 Å². The molecular formula is C14H14ClN5. The number of halogens is 1. The van der Waals surface area contributed by atoms with Gasteiger partial charge in [0.2, 0.25) is 0 Å². The summed E-state index contributed by atoms with van der Waals surface area (Å²) in [7, 11) is 0. The van der Waals surface area contributed by atoms with Crippen LogP contribution in [0.3, 0.4) is 0 Å². The molecule has 0 aromatic carbocycles. The van der Waals surface area contributed by atoms with Gasteiger partial charge < -0.3 is 4.57 Å². The number of hydrogen-bond donors (Lipinski definition) is 0. The Bertz CT molecular complexity index is 733. The molecule has 1 atom stereocenters. The van der Waals surface area contributed by atoms with Gasteiger partial charge in [-0.25, -0.2) is 9.97 Å². The monoisotopic (exact) mass is 287 g/mol. The predicted octanol–water partition coefficient (Wildman–Crippen LogP) is 2.88. The highest BCUT2D eigenvalue weighted by atomic mass is 35.5. The smallest absolute Gasteiger partial charge is 0.160 e. The average Bonchev–Trinajstić information content (AvgIpc) is 2.81. The second-order valence-electron chi connectivity index (χ2n) is 4.67. The molecule has 1 unspecified atom stereocenters. The summed E-state index contributed by atoms with van der Waals surface area (Å²) >= 11 is 6.22. The molecule has 0 saturated carbocycles. The average molecular weight is 288 g/mol. The van der Waals surface area contributed by atoms with Crippen LogP contribution in [0.15, 0.2) is 30.7 Å². The molecule has 102 valence electrons. The minimum atomic E-state index is -0.192. The number of hydrogen-bond acceptors (Lipinski definition) is 4. The summed E-state index contributed by atoms with van der Waals surface area (Å²) in [5.41, 5.74) is 3.42. The molecule has 0 aliphatic heterocycles. The lowest BCUT2D eigenvalue weighted by atomic mass is 10.3. The number of pyridine rings is 1. The van der Waals surface area contributed by atoms with E-state index in [4.69, 9.17) is 11.6 Å². The van der Waals surface area contributed by atoms with Crippen LogP contribution in [0.4, 0.5) is 0 Å². The third kappa shape index (κ3) is 2.36. The van der Waals surface area contributed by atoms with Crippen molar-refractivity contribution in [3.8, 4) is 0 Å². The van der Waals surface area contributed by atoms with Gasteiger partial charge in [0.1, 0.15) is 11.3 Å². The first-order valence-electron chi connectivity index (χ1n) is 6.38. The first-order valence-corrected chi connectivity index (χ1v) is 6.81. The van der Waals surface area contributed by atoms with Crippen molar-refractivity contribution in [2.75, 3.05) is 0 Å². The molecule has 6 heteroatoms. The summed E-state index contributed by atoms with van der Waals surface area (Å²) < 4.78 is 1.99. The van der Waals surface area contributed by atoms with E-state index in [2.05, 4.69) is 19.9 Å². The molecule has 0 saturated heterocycles. The molecule has 3 rings (SSSR count). The van der Waals surface area contributed by atoms with Gasteiger partial charge in [-0.05, 0) is 26.0 Å². The van der Waals surface area contributed by atoms with Crippen LogP contribution in [0.25, 0.3) is 11.2 Å². The van der Waals surface area contributed by atoms with E-state index in [-0.39, 0.29) is 5.38 Å². The maximum atomic E-state index is 6.22. The normalized spacial score (nSPS) is 12.8. The third-order valence-electron chi connectivity index (χ3n) is 3.04. The second-order valence-corrected chi connectivity index (χ2v) is 5.32. The summed E-state index contributed by atoms with van der Waals surface area (Å²) in [6, 6.07) is 3.80. The van der Waals surface area contributed by atoms with Crippen molar-refractivity contribution in [3.05, 3.63) is 47.9 Å². The van der Waals surface area contributed by atoms with Gasteiger partial charge in [-0.2, -0.15) is 0 Å². The van der Waals surface area contributed by atoms with Crippen molar-refractivity contribution >= 4 is 22.8 Å². The highest BCUT2D eigenvalue weighted by Gasteiger charge is 2.16. The lowest BCUT2D eigenvalue weighted by Crippen LogP contribution is -2.08.